The van der Waals surface area contributed by atoms with E-state index in [4.69, 9.17) is 20.3 Å². The molecule has 27 heavy (non-hydrogen) atoms. The van der Waals surface area contributed by atoms with E-state index in [0.717, 1.165) is 15.9 Å². The van der Waals surface area contributed by atoms with E-state index in [1.54, 1.807) is 24.3 Å². The Labute approximate surface area is 155 Å². The summed E-state index contributed by atoms with van der Waals surface area (Å²) >= 11 is 1.05. The second kappa shape index (κ2) is 6.19. The molecule has 4 heterocycles. The lowest BCUT2D eigenvalue weighted by atomic mass is 9.87. The molecule has 4 N–H and O–H groups in total. The van der Waals surface area contributed by atoms with Crippen LogP contribution in [0.3, 0.4) is 0 Å². The van der Waals surface area contributed by atoms with Crippen molar-refractivity contribution in [1.29, 1.82) is 5.26 Å². The Balaban J connectivity index is 2.13. The van der Waals surface area contributed by atoms with Crippen LogP contribution in [0.4, 0.5) is 0 Å². The van der Waals surface area contributed by atoms with Gasteiger partial charge in [-0.05, 0) is 24.3 Å². The van der Waals surface area contributed by atoms with Gasteiger partial charge in [-0.2, -0.15) is 5.26 Å². The van der Waals surface area contributed by atoms with Crippen molar-refractivity contribution in [2.24, 2.45) is 11.5 Å². The summed E-state index contributed by atoms with van der Waals surface area (Å²) in [4.78, 5) is 25.1. The molecule has 0 aliphatic carbocycles. The second-order valence-electron chi connectivity index (χ2n) is 5.71. The third-order valence-electron chi connectivity index (χ3n) is 4.18. The van der Waals surface area contributed by atoms with Crippen LogP contribution in [0.15, 0.2) is 56.0 Å². The van der Waals surface area contributed by atoms with Gasteiger partial charge in [0.1, 0.15) is 22.0 Å². The van der Waals surface area contributed by atoms with Crippen LogP contribution in [0.2, 0.25) is 0 Å². The molecule has 134 valence electrons. The zero-order valence-corrected chi connectivity index (χ0v) is 14.5. The average Bonchev–Trinajstić information content (AvgIpc) is 3.37. The van der Waals surface area contributed by atoms with Gasteiger partial charge < -0.3 is 20.3 Å². The normalized spacial score (nSPS) is 17.1. The van der Waals surface area contributed by atoms with Gasteiger partial charge in [0.05, 0.1) is 40.2 Å². The Morgan fingerprint density at radius 3 is 2.63 bits per heavy atom. The molecule has 0 saturated carbocycles. The van der Waals surface area contributed by atoms with Crippen molar-refractivity contribution in [1.82, 2.24) is 4.57 Å². The minimum Gasteiger partial charge on any atom is -0.468 e. The average molecular weight is 380 g/mol. The van der Waals surface area contributed by atoms with E-state index < -0.39 is 17.4 Å². The van der Waals surface area contributed by atoms with Crippen LogP contribution in [0, 0.1) is 11.3 Å². The summed E-state index contributed by atoms with van der Waals surface area (Å²) in [6, 6.07) is 8.61. The number of fused-ring (bicyclic) bond motifs is 1. The number of amides is 1. The molecule has 0 radical (unpaired) electrons. The predicted molar refractivity (Wildman–Crippen MR) is 97.2 cm³/mol. The standard InChI is InChI=1S/C18H12N4O4S/c19-8-10-13(11-4-2-6-26-11)14(16(21)23)18-22(15(10)20)17(24)12(27-18)7-9-3-1-5-25-9/h1-7,13H,20H2,(H2,21,23)/t13-/m1/s1. The Hall–Kier alpha value is -3.77. The van der Waals surface area contributed by atoms with Crippen molar-refractivity contribution in [2.45, 2.75) is 5.92 Å². The number of nitrogens with two attached hydrogens (primary N) is 2. The maximum atomic E-state index is 12.9. The summed E-state index contributed by atoms with van der Waals surface area (Å²) in [6.45, 7) is 0. The van der Waals surface area contributed by atoms with Crippen LogP contribution >= 0.6 is 11.3 Å². The molecule has 0 bridgehead atoms. The zero-order chi connectivity index (χ0) is 19.1. The topological polar surface area (TPSA) is 141 Å². The van der Waals surface area contributed by atoms with Gasteiger partial charge in [0, 0.05) is 6.08 Å². The van der Waals surface area contributed by atoms with Crippen molar-refractivity contribution in [3.63, 3.8) is 0 Å². The Morgan fingerprint density at radius 1 is 1.30 bits per heavy atom. The Morgan fingerprint density at radius 2 is 2.04 bits per heavy atom. The maximum absolute atomic E-state index is 12.9. The molecule has 0 spiro atoms. The summed E-state index contributed by atoms with van der Waals surface area (Å²) in [5, 5.41) is 9.63. The number of primary amides is 1. The number of nitriles is 1. The van der Waals surface area contributed by atoms with Gasteiger partial charge in [0.15, 0.2) is 0 Å². The fourth-order valence-corrected chi connectivity index (χ4v) is 4.19. The van der Waals surface area contributed by atoms with Gasteiger partial charge in [0.25, 0.3) is 5.56 Å². The van der Waals surface area contributed by atoms with Crippen LogP contribution in [0.25, 0.3) is 17.5 Å². The lowest BCUT2D eigenvalue weighted by Crippen LogP contribution is -2.40. The minimum absolute atomic E-state index is 0.0238. The van der Waals surface area contributed by atoms with Crippen molar-refractivity contribution in [2.75, 3.05) is 0 Å². The van der Waals surface area contributed by atoms with E-state index in [0.29, 0.717) is 16.1 Å². The zero-order valence-electron chi connectivity index (χ0n) is 13.7. The van der Waals surface area contributed by atoms with Crippen LogP contribution < -0.4 is 26.2 Å². The van der Waals surface area contributed by atoms with Crippen LogP contribution in [-0.2, 0) is 4.79 Å². The third kappa shape index (κ3) is 2.51. The van der Waals surface area contributed by atoms with Gasteiger partial charge in [-0.15, -0.1) is 11.3 Å². The van der Waals surface area contributed by atoms with Crippen LogP contribution in [0.5, 0.6) is 0 Å². The highest BCUT2D eigenvalue weighted by molar-refractivity contribution is 7.07. The number of hydrogen-bond donors (Lipinski definition) is 2. The molecule has 1 aliphatic rings. The molecule has 0 aromatic carbocycles. The lowest BCUT2D eigenvalue weighted by Gasteiger charge is -2.22. The smallest absolute Gasteiger partial charge is 0.274 e. The molecule has 1 atom stereocenters. The van der Waals surface area contributed by atoms with E-state index in [9.17, 15) is 14.9 Å². The highest BCUT2D eigenvalue weighted by Crippen LogP contribution is 2.35. The van der Waals surface area contributed by atoms with E-state index >= 15 is 0 Å². The molecule has 8 nitrogen and oxygen atoms in total. The summed E-state index contributed by atoms with van der Waals surface area (Å²) in [5.74, 6) is -0.892. The summed E-state index contributed by atoms with van der Waals surface area (Å²) in [5.41, 5.74) is 11.4. The molecule has 3 aromatic heterocycles. The van der Waals surface area contributed by atoms with Crippen LogP contribution in [-0.4, -0.2) is 10.5 Å². The fraction of sp³-hybridized carbons (Fsp3) is 0.0556. The summed E-state index contributed by atoms with van der Waals surface area (Å²) in [6.07, 6.45) is 4.44. The highest BCUT2D eigenvalue weighted by Gasteiger charge is 2.36. The van der Waals surface area contributed by atoms with Gasteiger partial charge in [-0.1, -0.05) is 0 Å². The molecule has 0 unspecified atom stereocenters. The Bertz CT molecular complexity index is 1280. The first kappa shape index (κ1) is 16.7. The number of aromatic nitrogens is 1. The highest BCUT2D eigenvalue weighted by atomic mass is 32.1. The number of hydrogen-bond acceptors (Lipinski definition) is 7. The molecule has 3 aromatic rings. The number of rotatable bonds is 3. The molecule has 0 fully saturated rings. The van der Waals surface area contributed by atoms with E-state index in [1.807, 2.05) is 6.07 Å². The maximum Gasteiger partial charge on any atom is 0.274 e. The van der Waals surface area contributed by atoms with E-state index in [-0.39, 0.29) is 21.6 Å². The van der Waals surface area contributed by atoms with Gasteiger partial charge in [-0.25, -0.2) is 0 Å². The fourth-order valence-electron chi connectivity index (χ4n) is 3.03. The molecule has 9 heteroatoms. The number of carbonyl (C=O) groups is 1. The molecular weight excluding hydrogens is 368 g/mol. The first-order valence-corrected chi connectivity index (χ1v) is 8.59. The molecule has 0 saturated heterocycles. The largest absolute Gasteiger partial charge is 0.468 e. The number of nitrogens with zero attached hydrogens (tertiary/aromatic N) is 2. The number of furan rings is 2. The van der Waals surface area contributed by atoms with Gasteiger partial charge in [0.2, 0.25) is 5.91 Å². The SMILES string of the molecule is N#CC1=C(N)n2c(sc(=Cc3ccco3)c2=O)=C(C(N)=O)[C@H]1c1ccco1. The van der Waals surface area contributed by atoms with Crippen molar-refractivity contribution >= 4 is 34.7 Å². The van der Waals surface area contributed by atoms with Gasteiger partial charge >= 0.3 is 0 Å². The van der Waals surface area contributed by atoms with Crippen molar-refractivity contribution in [3.05, 3.63) is 73.4 Å². The third-order valence-corrected chi connectivity index (χ3v) is 5.29. The molecular formula is C18H12N4O4S. The van der Waals surface area contributed by atoms with E-state index in [2.05, 4.69) is 0 Å². The van der Waals surface area contributed by atoms with E-state index in [1.165, 1.54) is 18.6 Å². The number of thiazole rings is 1. The Kier molecular flexibility index (Phi) is 3.83. The van der Waals surface area contributed by atoms with Gasteiger partial charge in [-0.3, -0.25) is 14.2 Å². The summed E-state index contributed by atoms with van der Waals surface area (Å²) < 4.78 is 12.3. The number of allylic oxidation sites excluding steroid dienone is 1. The molecule has 1 aliphatic heterocycles. The van der Waals surface area contributed by atoms with Crippen molar-refractivity contribution in [3.8, 4) is 6.07 Å². The summed E-state index contributed by atoms with van der Waals surface area (Å²) in [7, 11) is 0. The molecule has 1 amide bonds. The van der Waals surface area contributed by atoms with Crippen LogP contribution in [0.1, 0.15) is 17.4 Å². The van der Waals surface area contributed by atoms with Crippen molar-refractivity contribution < 1.29 is 13.6 Å². The predicted octanol–water partition coefficient (Wildman–Crippen LogP) is 0.00888. The quantitative estimate of drug-likeness (QED) is 0.655. The first-order chi connectivity index (χ1) is 13.0. The minimum atomic E-state index is -0.878. The monoisotopic (exact) mass is 380 g/mol. The molecule has 4 rings (SSSR count). The number of carbonyl (C=O) groups excluding carboxylic acids is 1. The second-order valence-corrected chi connectivity index (χ2v) is 6.74. The lowest BCUT2D eigenvalue weighted by molar-refractivity contribution is -0.113. The first-order valence-electron chi connectivity index (χ1n) is 7.77.